The monoisotopic (exact) mass is 114 g/mol. The molecule has 3 heteroatoms. The van der Waals surface area contributed by atoms with Gasteiger partial charge in [-0.15, -0.1) is 0 Å². The van der Waals surface area contributed by atoms with E-state index in [2.05, 4.69) is 0 Å². The summed E-state index contributed by atoms with van der Waals surface area (Å²) in [6.07, 6.45) is 3.76. The van der Waals surface area contributed by atoms with E-state index >= 15 is 0 Å². The average molecular weight is 114 g/mol. The van der Waals surface area contributed by atoms with E-state index in [1.807, 2.05) is 0 Å². The molecule has 0 aliphatic carbocycles. The highest BCUT2D eigenvalue weighted by atomic mass is 16.7. The molecule has 1 fully saturated rings. The molecule has 0 bridgehead atoms. The summed E-state index contributed by atoms with van der Waals surface area (Å²) < 4.78 is 0. The summed E-state index contributed by atoms with van der Waals surface area (Å²) >= 11 is 0. The molecule has 0 atom stereocenters. The standard InChI is InChI=1S/C5H8NO2/c7-5-6-3-1-2-4-8-6/h1-4H2. The van der Waals surface area contributed by atoms with Gasteiger partial charge in [0.25, 0.3) is 0 Å². The van der Waals surface area contributed by atoms with Gasteiger partial charge < -0.3 is 0 Å². The quantitative estimate of drug-likeness (QED) is 0.483. The largest absolute Gasteiger partial charge is 0.337 e. The summed E-state index contributed by atoms with van der Waals surface area (Å²) in [6.45, 7) is 1.36. The molecule has 45 valence electrons. The van der Waals surface area contributed by atoms with Crippen LogP contribution in [0.5, 0.6) is 0 Å². The third-order valence-electron chi connectivity index (χ3n) is 1.10. The van der Waals surface area contributed by atoms with Crippen molar-refractivity contribution in [2.45, 2.75) is 12.8 Å². The van der Waals surface area contributed by atoms with Crippen LogP contribution in [0.25, 0.3) is 0 Å². The van der Waals surface area contributed by atoms with Crippen molar-refractivity contribution in [3.63, 3.8) is 0 Å². The van der Waals surface area contributed by atoms with Crippen molar-refractivity contribution in [3.05, 3.63) is 0 Å². The summed E-state index contributed by atoms with van der Waals surface area (Å²) in [5.41, 5.74) is 0. The van der Waals surface area contributed by atoms with Gasteiger partial charge in [-0.3, -0.25) is 9.63 Å². The van der Waals surface area contributed by atoms with E-state index in [1.54, 1.807) is 6.41 Å². The molecule has 0 aromatic carbocycles. The summed E-state index contributed by atoms with van der Waals surface area (Å²) in [5.74, 6) is 0. The van der Waals surface area contributed by atoms with Crippen LogP contribution in [-0.2, 0) is 9.63 Å². The molecule has 1 aliphatic heterocycles. The van der Waals surface area contributed by atoms with Gasteiger partial charge in [-0.25, -0.2) is 5.06 Å². The summed E-state index contributed by atoms with van der Waals surface area (Å²) in [7, 11) is 0. The van der Waals surface area contributed by atoms with Crippen LogP contribution in [0.4, 0.5) is 0 Å². The molecular formula is C5H8NO2. The normalized spacial score (nSPS) is 20.8. The fraction of sp³-hybridized carbons (Fsp3) is 0.800. The third-order valence-corrected chi connectivity index (χ3v) is 1.10. The topological polar surface area (TPSA) is 29.5 Å². The van der Waals surface area contributed by atoms with Crippen LogP contribution in [0.15, 0.2) is 0 Å². The van der Waals surface area contributed by atoms with Crippen molar-refractivity contribution in [2.75, 3.05) is 13.2 Å². The summed E-state index contributed by atoms with van der Waals surface area (Å²) in [4.78, 5) is 14.7. The summed E-state index contributed by atoms with van der Waals surface area (Å²) in [6, 6.07) is 0. The fourth-order valence-corrected chi connectivity index (χ4v) is 0.669. The first-order valence-corrected chi connectivity index (χ1v) is 2.72. The van der Waals surface area contributed by atoms with Crippen LogP contribution in [0.2, 0.25) is 0 Å². The minimum Gasteiger partial charge on any atom is -0.271 e. The number of carbonyl (C=O) groups excluding carboxylic acids is 1. The van der Waals surface area contributed by atoms with Gasteiger partial charge in [-0.05, 0) is 12.8 Å². The molecule has 0 saturated carbocycles. The Bertz CT molecular complexity index is 78.5. The number of hydrogen-bond acceptors (Lipinski definition) is 2. The van der Waals surface area contributed by atoms with Crippen molar-refractivity contribution < 1.29 is 9.63 Å². The molecule has 0 N–H and O–H groups in total. The lowest BCUT2D eigenvalue weighted by molar-refractivity contribution is -0.124. The van der Waals surface area contributed by atoms with Gasteiger partial charge in [0.15, 0.2) is 0 Å². The highest BCUT2D eigenvalue weighted by molar-refractivity contribution is 5.46. The van der Waals surface area contributed by atoms with Gasteiger partial charge in [-0.1, -0.05) is 0 Å². The van der Waals surface area contributed by atoms with E-state index in [0.717, 1.165) is 12.8 Å². The minimum atomic E-state index is 0.662. The van der Waals surface area contributed by atoms with Gasteiger partial charge >= 0.3 is 6.41 Å². The zero-order valence-corrected chi connectivity index (χ0v) is 4.59. The Kier molecular flexibility index (Phi) is 1.86. The maximum Gasteiger partial charge on any atom is 0.337 e. The smallest absolute Gasteiger partial charge is 0.271 e. The average Bonchev–Trinajstić information content (AvgIpc) is 1.90. The predicted octanol–water partition coefficient (Wildman–Crippen LogP) is 0.0810. The van der Waals surface area contributed by atoms with Crippen molar-refractivity contribution in [1.82, 2.24) is 5.06 Å². The Balaban J connectivity index is 2.22. The first-order chi connectivity index (χ1) is 3.93. The maximum atomic E-state index is 9.84. The van der Waals surface area contributed by atoms with Gasteiger partial charge in [0.2, 0.25) is 0 Å². The van der Waals surface area contributed by atoms with E-state index in [4.69, 9.17) is 4.84 Å². The molecule has 0 aromatic heterocycles. The Morgan fingerprint density at radius 1 is 1.50 bits per heavy atom. The van der Waals surface area contributed by atoms with E-state index < -0.39 is 0 Å². The van der Waals surface area contributed by atoms with Crippen molar-refractivity contribution in [2.24, 2.45) is 0 Å². The van der Waals surface area contributed by atoms with Crippen LogP contribution < -0.4 is 0 Å². The second-order valence-electron chi connectivity index (χ2n) is 1.73. The zero-order chi connectivity index (χ0) is 5.82. The number of amides is 1. The first kappa shape index (κ1) is 5.56. The lowest BCUT2D eigenvalue weighted by Crippen LogP contribution is -2.28. The van der Waals surface area contributed by atoms with E-state index in [-0.39, 0.29) is 0 Å². The van der Waals surface area contributed by atoms with Gasteiger partial charge in [0.05, 0.1) is 6.61 Å². The number of hydrogen-bond donors (Lipinski definition) is 0. The Labute approximate surface area is 48.2 Å². The summed E-state index contributed by atoms with van der Waals surface area (Å²) in [5, 5.41) is 1.21. The van der Waals surface area contributed by atoms with E-state index in [0.29, 0.717) is 13.2 Å². The van der Waals surface area contributed by atoms with Crippen LogP contribution in [0.1, 0.15) is 12.8 Å². The maximum absolute atomic E-state index is 9.84. The van der Waals surface area contributed by atoms with Crippen molar-refractivity contribution >= 4 is 6.41 Å². The second kappa shape index (κ2) is 2.67. The van der Waals surface area contributed by atoms with Crippen LogP contribution in [-0.4, -0.2) is 24.6 Å². The number of rotatable bonds is 1. The molecule has 1 amide bonds. The lowest BCUT2D eigenvalue weighted by Gasteiger charge is -2.19. The molecule has 1 aliphatic rings. The Morgan fingerprint density at radius 2 is 2.38 bits per heavy atom. The minimum absolute atomic E-state index is 0.662. The Morgan fingerprint density at radius 3 is 2.75 bits per heavy atom. The molecule has 1 heterocycles. The Hall–Kier alpha value is -0.570. The molecule has 1 radical (unpaired) electrons. The van der Waals surface area contributed by atoms with Crippen molar-refractivity contribution in [3.8, 4) is 0 Å². The van der Waals surface area contributed by atoms with E-state index in [9.17, 15) is 4.79 Å². The van der Waals surface area contributed by atoms with Crippen LogP contribution >= 0.6 is 0 Å². The lowest BCUT2D eigenvalue weighted by atomic mass is 10.3. The van der Waals surface area contributed by atoms with E-state index in [1.165, 1.54) is 5.06 Å². The van der Waals surface area contributed by atoms with Gasteiger partial charge in [0.1, 0.15) is 0 Å². The van der Waals surface area contributed by atoms with Crippen LogP contribution in [0.3, 0.4) is 0 Å². The molecule has 1 rings (SSSR count). The fourth-order valence-electron chi connectivity index (χ4n) is 0.669. The molecule has 0 unspecified atom stereocenters. The first-order valence-electron chi connectivity index (χ1n) is 2.72. The highest BCUT2D eigenvalue weighted by Gasteiger charge is 2.07. The van der Waals surface area contributed by atoms with Gasteiger partial charge in [-0.2, -0.15) is 0 Å². The number of hydroxylamine groups is 2. The number of nitrogens with zero attached hydrogens (tertiary/aromatic N) is 1. The molecule has 3 nitrogen and oxygen atoms in total. The SMILES string of the molecule is O=[C]N1CCCCO1. The molecule has 0 spiro atoms. The van der Waals surface area contributed by atoms with Crippen molar-refractivity contribution in [1.29, 1.82) is 0 Å². The third kappa shape index (κ3) is 1.20. The molecule has 0 aromatic rings. The zero-order valence-electron chi connectivity index (χ0n) is 4.59. The molecular weight excluding hydrogens is 106 g/mol. The molecule has 8 heavy (non-hydrogen) atoms. The highest BCUT2D eigenvalue weighted by Crippen LogP contribution is 2.01. The predicted molar refractivity (Wildman–Crippen MR) is 27.6 cm³/mol. The second-order valence-corrected chi connectivity index (χ2v) is 1.73. The van der Waals surface area contributed by atoms with Crippen LogP contribution in [0, 0.1) is 0 Å². The van der Waals surface area contributed by atoms with Gasteiger partial charge in [0, 0.05) is 6.54 Å². The molecule has 1 saturated heterocycles.